The average molecular weight is 344 g/mol. The van der Waals surface area contributed by atoms with E-state index in [-0.39, 0.29) is 12.5 Å². The molecule has 2 aromatic carbocycles. The molecule has 0 aliphatic carbocycles. The first-order valence-electron chi connectivity index (χ1n) is 6.26. The molecule has 0 radical (unpaired) electrons. The van der Waals surface area contributed by atoms with E-state index in [1.54, 1.807) is 36.4 Å². The molecule has 0 fully saturated rings. The lowest BCUT2D eigenvalue weighted by Gasteiger charge is -2.08. The second kappa shape index (κ2) is 8.00. The quantitative estimate of drug-likeness (QED) is 0.774. The Bertz CT molecular complexity index is 638. The second-order valence-electron chi connectivity index (χ2n) is 4.20. The van der Waals surface area contributed by atoms with E-state index in [9.17, 15) is 13.6 Å². The monoisotopic (exact) mass is 343 g/mol. The number of nitrogens with one attached hydrogen (secondary N) is 1. The van der Waals surface area contributed by atoms with Gasteiger partial charge >= 0.3 is 0 Å². The molecule has 0 saturated heterocycles. The Morgan fingerprint density at radius 3 is 2.59 bits per heavy atom. The van der Waals surface area contributed by atoms with Crippen LogP contribution in [0, 0.1) is 0 Å². The molecule has 3 nitrogen and oxygen atoms in total. The molecule has 0 aromatic heterocycles. The smallest absolute Gasteiger partial charge is 0.288 e. The van der Waals surface area contributed by atoms with E-state index < -0.39 is 5.76 Å². The van der Waals surface area contributed by atoms with E-state index in [2.05, 4.69) is 5.32 Å². The summed E-state index contributed by atoms with van der Waals surface area (Å²) in [6, 6.07) is 12.9. The van der Waals surface area contributed by atoms with E-state index in [4.69, 9.17) is 16.3 Å². The summed E-state index contributed by atoms with van der Waals surface area (Å²) in [4.78, 5) is 12.2. The highest BCUT2D eigenvalue weighted by Gasteiger charge is 2.07. The van der Waals surface area contributed by atoms with Crippen LogP contribution in [0.3, 0.4) is 0 Å². The third kappa shape index (κ3) is 5.54. The van der Waals surface area contributed by atoms with Gasteiger partial charge in [0.15, 0.2) is 6.61 Å². The van der Waals surface area contributed by atoms with Crippen LogP contribution >= 0.6 is 23.4 Å². The Balaban J connectivity index is 1.84. The first-order chi connectivity index (χ1) is 10.5. The minimum atomic E-state index is -2.47. The van der Waals surface area contributed by atoms with Gasteiger partial charge in [-0.3, -0.25) is 4.79 Å². The number of carbonyl (C=O) groups is 1. The maximum Gasteiger partial charge on any atom is 0.288 e. The molecule has 0 unspecified atom stereocenters. The molecule has 1 amide bonds. The first kappa shape index (κ1) is 16.6. The standard InChI is InChI=1S/C15H12ClF2NO2S/c16-10-2-1-3-12(8-10)21-9-14(20)19-11-4-6-13(7-5-11)22-15(17)18/h1-8,15H,9H2,(H,19,20). The van der Waals surface area contributed by atoms with E-state index in [0.29, 0.717) is 33.1 Å². The summed E-state index contributed by atoms with van der Waals surface area (Å²) in [5, 5.41) is 3.13. The summed E-state index contributed by atoms with van der Waals surface area (Å²) in [7, 11) is 0. The predicted octanol–water partition coefficient (Wildman–Crippen LogP) is 4.67. The molecule has 0 aliphatic rings. The van der Waals surface area contributed by atoms with E-state index in [0.717, 1.165) is 0 Å². The van der Waals surface area contributed by atoms with Gasteiger partial charge < -0.3 is 10.1 Å². The average Bonchev–Trinajstić information content (AvgIpc) is 2.47. The minimum Gasteiger partial charge on any atom is -0.484 e. The number of amides is 1. The number of rotatable bonds is 6. The van der Waals surface area contributed by atoms with Crippen molar-refractivity contribution in [3.8, 4) is 5.75 Å². The number of alkyl halides is 2. The molecule has 2 aromatic rings. The fourth-order valence-electron chi connectivity index (χ4n) is 1.62. The molecule has 22 heavy (non-hydrogen) atoms. The molecule has 116 valence electrons. The highest BCUT2D eigenvalue weighted by atomic mass is 35.5. The molecule has 0 atom stereocenters. The van der Waals surface area contributed by atoms with E-state index in [1.807, 2.05) is 0 Å². The molecule has 2 rings (SSSR count). The topological polar surface area (TPSA) is 38.3 Å². The van der Waals surface area contributed by atoms with Crippen molar-refractivity contribution >= 4 is 35.0 Å². The van der Waals surface area contributed by atoms with Crippen molar-refractivity contribution in [2.45, 2.75) is 10.7 Å². The lowest BCUT2D eigenvalue weighted by molar-refractivity contribution is -0.118. The largest absolute Gasteiger partial charge is 0.484 e. The molecular formula is C15H12ClF2NO2S. The Morgan fingerprint density at radius 2 is 1.95 bits per heavy atom. The van der Waals surface area contributed by atoms with Crippen molar-refractivity contribution in [2.75, 3.05) is 11.9 Å². The summed E-state index contributed by atoms with van der Waals surface area (Å²) in [5.74, 6) is -2.33. The lowest BCUT2D eigenvalue weighted by atomic mass is 10.3. The predicted molar refractivity (Wildman–Crippen MR) is 83.9 cm³/mol. The van der Waals surface area contributed by atoms with Crippen molar-refractivity contribution in [1.82, 2.24) is 0 Å². The Morgan fingerprint density at radius 1 is 1.23 bits per heavy atom. The van der Waals surface area contributed by atoms with Crippen LogP contribution in [0.5, 0.6) is 5.75 Å². The Hall–Kier alpha value is -1.79. The van der Waals surface area contributed by atoms with Crippen LogP contribution in [0.1, 0.15) is 0 Å². The molecule has 0 spiro atoms. The number of ether oxygens (including phenoxy) is 1. The van der Waals surface area contributed by atoms with Gasteiger partial charge in [0.2, 0.25) is 0 Å². The maximum atomic E-state index is 12.2. The van der Waals surface area contributed by atoms with Crippen molar-refractivity contribution in [3.63, 3.8) is 0 Å². The van der Waals surface area contributed by atoms with Crippen LogP contribution in [0.4, 0.5) is 14.5 Å². The van der Waals surface area contributed by atoms with Gasteiger partial charge in [-0.25, -0.2) is 0 Å². The van der Waals surface area contributed by atoms with Gasteiger partial charge in [0.1, 0.15) is 5.75 Å². The van der Waals surface area contributed by atoms with Crippen LogP contribution in [0.25, 0.3) is 0 Å². The van der Waals surface area contributed by atoms with Gasteiger partial charge in [-0.1, -0.05) is 29.4 Å². The second-order valence-corrected chi connectivity index (χ2v) is 5.70. The zero-order valence-electron chi connectivity index (χ0n) is 11.3. The third-order valence-corrected chi connectivity index (χ3v) is 3.49. The summed E-state index contributed by atoms with van der Waals surface area (Å²) in [6.45, 7) is -0.173. The molecule has 7 heteroatoms. The maximum absolute atomic E-state index is 12.2. The highest BCUT2D eigenvalue weighted by Crippen LogP contribution is 2.26. The van der Waals surface area contributed by atoms with Crippen LogP contribution in [0.2, 0.25) is 5.02 Å². The molecule has 0 saturated carbocycles. The third-order valence-electron chi connectivity index (χ3n) is 2.53. The summed E-state index contributed by atoms with van der Waals surface area (Å²) >= 11 is 6.26. The van der Waals surface area contributed by atoms with Gasteiger partial charge in [-0.05, 0) is 42.5 Å². The highest BCUT2D eigenvalue weighted by molar-refractivity contribution is 7.99. The van der Waals surface area contributed by atoms with E-state index >= 15 is 0 Å². The van der Waals surface area contributed by atoms with Crippen molar-refractivity contribution in [2.24, 2.45) is 0 Å². The van der Waals surface area contributed by atoms with Crippen LogP contribution < -0.4 is 10.1 Å². The molecule has 0 heterocycles. The number of carbonyl (C=O) groups excluding carboxylic acids is 1. The molecule has 0 bridgehead atoms. The molecular weight excluding hydrogens is 332 g/mol. The number of halogens is 3. The van der Waals surface area contributed by atoms with Gasteiger partial charge in [-0.2, -0.15) is 8.78 Å². The molecule has 1 N–H and O–H groups in total. The number of hydrogen-bond acceptors (Lipinski definition) is 3. The SMILES string of the molecule is O=C(COc1cccc(Cl)c1)Nc1ccc(SC(F)F)cc1. The zero-order chi connectivity index (χ0) is 15.9. The van der Waals surface area contributed by atoms with Gasteiger partial charge in [0.25, 0.3) is 11.7 Å². The fraction of sp³-hybridized carbons (Fsp3) is 0.133. The van der Waals surface area contributed by atoms with Crippen molar-refractivity contribution in [3.05, 3.63) is 53.6 Å². The lowest BCUT2D eigenvalue weighted by Crippen LogP contribution is -2.20. The number of anilines is 1. The van der Waals surface area contributed by atoms with Gasteiger partial charge in [-0.15, -0.1) is 0 Å². The summed E-state index contributed by atoms with van der Waals surface area (Å²) in [5.41, 5.74) is 0.512. The Labute approximate surface area is 135 Å². The van der Waals surface area contributed by atoms with E-state index in [1.165, 1.54) is 12.1 Å². The van der Waals surface area contributed by atoms with Gasteiger partial charge in [0.05, 0.1) is 0 Å². The molecule has 0 aliphatic heterocycles. The minimum absolute atomic E-state index is 0.173. The van der Waals surface area contributed by atoms with Crippen LogP contribution in [-0.4, -0.2) is 18.3 Å². The number of thioether (sulfide) groups is 1. The van der Waals surface area contributed by atoms with Crippen LogP contribution in [0.15, 0.2) is 53.4 Å². The van der Waals surface area contributed by atoms with Crippen molar-refractivity contribution < 1.29 is 18.3 Å². The summed E-state index contributed by atoms with van der Waals surface area (Å²) in [6.07, 6.45) is 0. The van der Waals surface area contributed by atoms with Crippen LogP contribution in [-0.2, 0) is 4.79 Å². The summed E-state index contributed by atoms with van der Waals surface area (Å²) < 4.78 is 29.7. The fourth-order valence-corrected chi connectivity index (χ4v) is 2.30. The van der Waals surface area contributed by atoms with Crippen molar-refractivity contribution in [1.29, 1.82) is 0 Å². The first-order valence-corrected chi connectivity index (χ1v) is 7.52. The number of benzene rings is 2. The number of hydrogen-bond donors (Lipinski definition) is 1. The normalized spacial score (nSPS) is 10.5. The van der Waals surface area contributed by atoms with Gasteiger partial charge in [0, 0.05) is 15.6 Å². The Kier molecular flexibility index (Phi) is 6.03. The zero-order valence-corrected chi connectivity index (χ0v) is 12.8.